The van der Waals surface area contributed by atoms with Crippen molar-refractivity contribution in [1.29, 1.82) is 0 Å². The van der Waals surface area contributed by atoms with Gasteiger partial charge in [-0.2, -0.15) is 0 Å². The first kappa shape index (κ1) is 18.1. The lowest BCUT2D eigenvalue weighted by molar-refractivity contribution is 0.0383. The van der Waals surface area contributed by atoms with Crippen LogP contribution < -0.4 is 10.2 Å². The number of hydrogen-bond acceptors (Lipinski definition) is 6. The Hall–Kier alpha value is -1.73. The maximum Gasteiger partial charge on any atom is 0.270 e. The van der Waals surface area contributed by atoms with E-state index in [1.165, 1.54) is 25.6 Å². The van der Waals surface area contributed by atoms with Crippen LogP contribution in [0.4, 0.5) is 5.82 Å². The Bertz CT molecular complexity index is 562. The van der Waals surface area contributed by atoms with E-state index in [-0.39, 0.29) is 5.91 Å². The van der Waals surface area contributed by atoms with E-state index in [1.807, 2.05) is 6.07 Å². The van der Waals surface area contributed by atoms with Gasteiger partial charge in [0.05, 0.1) is 13.2 Å². The van der Waals surface area contributed by atoms with Gasteiger partial charge in [-0.15, -0.1) is 0 Å². The smallest absolute Gasteiger partial charge is 0.270 e. The second-order valence-corrected chi connectivity index (χ2v) is 6.72. The van der Waals surface area contributed by atoms with Crippen molar-refractivity contribution in [2.45, 2.75) is 38.6 Å². The molecule has 1 aromatic heterocycles. The minimum Gasteiger partial charge on any atom is -0.379 e. The molecule has 0 aromatic carbocycles. The summed E-state index contributed by atoms with van der Waals surface area (Å²) in [6, 6.07) is 2.35. The highest BCUT2D eigenvalue weighted by molar-refractivity contribution is 5.92. The number of ether oxygens (including phenoxy) is 1. The minimum absolute atomic E-state index is 0.123. The fourth-order valence-corrected chi connectivity index (χ4v) is 3.60. The number of hydrogen-bond donors (Lipinski definition) is 1. The zero-order valence-electron chi connectivity index (χ0n) is 15.1. The van der Waals surface area contributed by atoms with Crippen molar-refractivity contribution in [1.82, 2.24) is 20.2 Å². The molecule has 1 atom stereocenters. The highest BCUT2D eigenvalue weighted by Crippen LogP contribution is 2.24. The van der Waals surface area contributed by atoms with Crippen molar-refractivity contribution in [3.63, 3.8) is 0 Å². The van der Waals surface area contributed by atoms with Gasteiger partial charge in [0.15, 0.2) is 0 Å². The fourth-order valence-electron chi connectivity index (χ4n) is 3.60. The van der Waals surface area contributed by atoms with Crippen molar-refractivity contribution in [2.24, 2.45) is 0 Å². The maximum atomic E-state index is 12.4. The second-order valence-electron chi connectivity index (χ2n) is 6.72. The summed E-state index contributed by atoms with van der Waals surface area (Å²) >= 11 is 0. The standard InChI is InChI=1S/C18H29N5O2/c1-2-15-5-3-4-7-23(15)17-13-16(20-14-21-17)18(24)19-6-8-22-9-11-25-12-10-22/h13-15H,2-12H2,1H3,(H,19,24). The molecule has 0 aliphatic carbocycles. The maximum absolute atomic E-state index is 12.4. The molecule has 2 saturated heterocycles. The highest BCUT2D eigenvalue weighted by Gasteiger charge is 2.23. The lowest BCUT2D eigenvalue weighted by Gasteiger charge is -2.36. The van der Waals surface area contributed by atoms with E-state index in [9.17, 15) is 4.79 Å². The summed E-state index contributed by atoms with van der Waals surface area (Å²) in [5.74, 6) is 0.752. The molecule has 7 nitrogen and oxygen atoms in total. The van der Waals surface area contributed by atoms with Crippen molar-refractivity contribution < 1.29 is 9.53 Å². The summed E-state index contributed by atoms with van der Waals surface area (Å²) in [6.07, 6.45) is 6.26. The van der Waals surface area contributed by atoms with Gasteiger partial charge in [0.25, 0.3) is 5.91 Å². The van der Waals surface area contributed by atoms with Crippen molar-refractivity contribution >= 4 is 11.7 Å². The third kappa shape index (κ3) is 4.89. The summed E-state index contributed by atoms with van der Waals surface area (Å²) < 4.78 is 5.33. The SMILES string of the molecule is CCC1CCCCN1c1cc(C(=O)NCCN2CCOCC2)ncn1. The van der Waals surface area contributed by atoms with Gasteiger partial charge < -0.3 is 15.0 Å². The number of aromatic nitrogens is 2. The zero-order chi connectivity index (χ0) is 17.5. The van der Waals surface area contributed by atoms with Gasteiger partial charge in [0.1, 0.15) is 17.8 Å². The molecule has 0 radical (unpaired) electrons. The molecule has 1 amide bonds. The predicted molar refractivity (Wildman–Crippen MR) is 96.9 cm³/mol. The highest BCUT2D eigenvalue weighted by atomic mass is 16.5. The average Bonchev–Trinajstić information content (AvgIpc) is 2.69. The van der Waals surface area contributed by atoms with Crippen LogP contribution in [-0.2, 0) is 4.74 Å². The van der Waals surface area contributed by atoms with Crippen LogP contribution in [0.15, 0.2) is 12.4 Å². The number of nitrogens with one attached hydrogen (secondary N) is 1. The molecule has 0 bridgehead atoms. The Balaban J connectivity index is 1.55. The van der Waals surface area contributed by atoms with Crippen molar-refractivity contribution in [3.8, 4) is 0 Å². The quantitative estimate of drug-likeness (QED) is 0.837. The summed E-state index contributed by atoms with van der Waals surface area (Å²) in [5, 5.41) is 2.97. The molecule has 2 aliphatic heterocycles. The van der Waals surface area contributed by atoms with Crippen LogP contribution in [0.2, 0.25) is 0 Å². The number of piperidine rings is 1. The lowest BCUT2D eigenvalue weighted by atomic mass is 10.00. The van der Waals surface area contributed by atoms with Crippen LogP contribution in [0.3, 0.4) is 0 Å². The molecule has 3 heterocycles. The van der Waals surface area contributed by atoms with Gasteiger partial charge in [-0.25, -0.2) is 9.97 Å². The molecule has 7 heteroatoms. The summed E-state index contributed by atoms with van der Waals surface area (Å²) in [5.41, 5.74) is 0.451. The Morgan fingerprint density at radius 1 is 1.28 bits per heavy atom. The molecule has 1 unspecified atom stereocenters. The third-order valence-corrected chi connectivity index (χ3v) is 5.10. The largest absolute Gasteiger partial charge is 0.379 e. The van der Waals surface area contributed by atoms with E-state index in [0.29, 0.717) is 18.3 Å². The molecule has 0 saturated carbocycles. The Kier molecular flexibility index (Phi) is 6.58. The molecule has 2 fully saturated rings. The van der Waals surface area contributed by atoms with Gasteiger partial charge in [-0.3, -0.25) is 9.69 Å². The Morgan fingerprint density at radius 3 is 2.92 bits per heavy atom. The number of carbonyl (C=O) groups is 1. The number of morpholine rings is 1. The topological polar surface area (TPSA) is 70.6 Å². The second kappa shape index (κ2) is 9.10. The monoisotopic (exact) mass is 347 g/mol. The number of carbonyl (C=O) groups excluding carboxylic acids is 1. The first-order valence-electron chi connectivity index (χ1n) is 9.45. The molecule has 2 aliphatic rings. The molecule has 1 aromatic rings. The van der Waals surface area contributed by atoms with Gasteiger partial charge >= 0.3 is 0 Å². The van der Waals surface area contributed by atoms with E-state index in [2.05, 4.69) is 32.0 Å². The zero-order valence-corrected chi connectivity index (χ0v) is 15.1. The third-order valence-electron chi connectivity index (χ3n) is 5.10. The van der Waals surface area contributed by atoms with Gasteiger partial charge in [-0.1, -0.05) is 6.92 Å². The number of nitrogens with zero attached hydrogens (tertiary/aromatic N) is 4. The van der Waals surface area contributed by atoms with Crippen LogP contribution in [0, 0.1) is 0 Å². The summed E-state index contributed by atoms with van der Waals surface area (Å²) in [4.78, 5) is 25.6. The van der Waals surface area contributed by atoms with Crippen LogP contribution >= 0.6 is 0 Å². The van der Waals surface area contributed by atoms with Crippen LogP contribution in [0.1, 0.15) is 43.1 Å². The first-order chi connectivity index (χ1) is 12.3. The van der Waals surface area contributed by atoms with Crippen molar-refractivity contribution in [2.75, 3.05) is 50.8 Å². The van der Waals surface area contributed by atoms with E-state index >= 15 is 0 Å². The van der Waals surface area contributed by atoms with Crippen LogP contribution in [0.5, 0.6) is 0 Å². The molecule has 0 spiro atoms. The van der Waals surface area contributed by atoms with Gasteiger partial charge in [0.2, 0.25) is 0 Å². The molecule has 25 heavy (non-hydrogen) atoms. The molecule has 3 rings (SSSR count). The average molecular weight is 347 g/mol. The predicted octanol–water partition coefficient (Wildman–Crippen LogP) is 1.31. The molecular formula is C18H29N5O2. The van der Waals surface area contributed by atoms with Gasteiger partial charge in [0, 0.05) is 44.8 Å². The summed E-state index contributed by atoms with van der Waals surface area (Å²) in [6.45, 7) is 8.10. The van der Waals surface area contributed by atoms with Gasteiger partial charge in [-0.05, 0) is 25.7 Å². The van der Waals surface area contributed by atoms with Crippen LogP contribution in [-0.4, -0.2) is 72.8 Å². The van der Waals surface area contributed by atoms with E-state index < -0.39 is 0 Å². The fraction of sp³-hybridized carbons (Fsp3) is 0.722. The number of anilines is 1. The molecular weight excluding hydrogens is 318 g/mol. The number of amides is 1. The number of rotatable bonds is 6. The molecule has 138 valence electrons. The normalized spacial score (nSPS) is 22.0. The van der Waals surface area contributed by atoms with E-state index in [4.69, 9.17) is 4.74 Å². The van der Waals surface area contributed by atoms with E-state index in [1.54, 1.807) is 0 Å². The Labute approximate surface area is 149 Å². The minimum atomic E-state index is -0.123. The molecule has 1 N–H and O–H groups in total. The van der Waals surface area contributed by atoms with Crippen LogP contribution in [0.25, 0.3) is 0 Å². The summed E-state index contributed by atoms with van der Waals surface area (Å²) in [7, 11) is 0. The Morgan fingerprint density at radius 2 is 2.12 bits per heavy atom. The lowest BCUT2D eigenvalue weighted by Crippen LogP contribution is -2.41. The van der Waals surface area contributed by atoms with Crippen molar-refractivity contribution in [3.05, 3.63) is 18.1 Å². The first-order valence-corrected chi connectivity index (χ1v) is 9.45. The van der Waals surface area contributed by atoms with E-state index in [0.717, 1.165) is 51.6 Å².